The van der Waals surface area contributed by atoms with Gasteiger partial charge in [0.05, 0.1) is 0 Å². The molecule has 0 saturated heterocycles. The van der Waals surface area contributed by atoms with Crippen LogP contribution in [0.1, 0.15) is 11.1 Å². The van der Waals surface area contributed by atoms with Gasteiger partial charge in [-0.05, 0) is 22.3 Å². The molecule has 0 atom stereocenters. The third-order valence-electron chi connectivity index (χ3n) is 2.52. The topological polar surface area (TPSA) is 0 Å². The molecule has 0 aliphatic heterocycles. The zero-order valence-electron chi connectivity index (χ0n) is 8.07. The molecular formula is C13H9ClTi. The van der Waals surface area contributed by atoms with Gasteiger partial charge in [0.2, 0.25) is 0 Å². The predicted octanol–water partition coefficient (Wildman–Crippen LogP) is 3.95. The van der Waals surface area contributed by atoms with Crippen molar-refractivity contribution in [1.82, 2.24) is 0 Å². The molecule has 15 heavy (non-hydrogen) atoms. The van der Waals surface area contributed by atoms with E-state index in [1.807, 2.05) is 0 Å². The van der Waals surface area contributed by atoms with Crippen molar-refractivity contribution in [3.63, 3.8) is 0 Å². The molecule has 0 unspecified atom stereocenters. The van der Waals surface area contributed by atoms with Crippen molar-refractivity contribution in [3.05, 3.63) is 66.1 Å². The third kappa shape index (κ3) is 2.03. The molecule has 2 aromatic rings. The maximum atomic E-state index is 4.64. The summed E-state index contributed by atoms with van der Waals surface area (Å²) >= 11 is 1.47. The number of hydrogen-bond donors (Lipinski definition) is 0. The fraction of sp³-hybridized carbons (Fsp3) is 0. The van der Waals surface area contributed by atoms with Gasteiger partial charge >= 0.3 is 28.7 Å². The second-order valence-corrected chi connectivity index (χ2v) is 3.32. The van der Waals surface area contributed by atoms with Crippen molar-refractivity contribution in [2.45, 2.75) is 0 Å². The van der Waals surface area contributed by atoms with Gasteiger partial charge in [-0.15, -0.1) is 0 Å². The first-order valence-corrected chi connectivity index (χ1v) is 6.82. The molecule has 0 heterocycles. The average molecular weight is 249 g/mol. The zero-order valence-corrected chi connectivity index (χ0v) is 10.4. The van der Waals surface area contributed by atoms with E-state index in [-0.39, 0.29) is 0 Å². The van der Waals surface area contributed by atoms with Crippen LogP contribution in [-0.2, 0) is 19.4 Å². The van der Waals surface area contributed by atoms with E-state index < -0.39 is 0 Å². The standard InChI is InChI=1S/C13H9.ClH.Ti/c1-3-7-12-10(5-1)9-11-6-2-4-8-13(11)12;;/h1-9H;1H;/q;;+1/p-1. The molecule has 1 aliphatic carbocycles. The number of benzene rings is 2. The van der Waals surface area contributed by atoms with Crippen LogP contribution in [0.5, 0.6) is 0 Å². The first-order valence-electron chi connectivity index (χ1n) is 4.67. The summed E-state index contributed by atoms with van der Waals surface area (Å²) in [6.07, 6.45) is 2.24. The van der Waals surface area contributed by atoms with Gasteiger partial charge in [-0.25, -0.2) is 0 Å². The number of rotatable bonds is 0. The number of fused-ring (bicyclic) bond motifs is 3. The summed E-state index contributed by atoms with van der Waals surface area (Å²) in [5.41, 5.74) is 5.39. The minimum absolute atomic E-state index is 1.34. The van der Waals surface area contributed by atoms with Crippen molar-refractivity contribution in [2.75, 3.05) is 0 Å². The van der Waals surface area contributed by atoms with Crippen LogP contribution in [0.2, 0.25) is 0 Å². The molecule has 0 saturated carbocycles. The summed E-state index contributed by atoms with van der Waals surface area (Å²) in [6.45, 7) is 0. The third-order valence-corrected chi connectivity index (χ3v) is 2.52. The van der Waals surface area contributed by atoms with E-state index in [4.69, 9.17) is 0 Å². The summed E-state index contributed by atoms with van der Waals surface area (Å²) in [5, 5.41) is 0. The van der Waals surface area contributed by atoms with E-state index in [1.165, 1.54) is 41.6 Å². The van der Waals surface area contributed by atoms with Crippen molar-refractivity contribution in [3.8, 4) is 11.1 Å². The van der Waals surface area contributed by atoms with E-state index in [1.54, 1.807) is 0 Å². The molecule has 0 spiro atoms. The molecule has 2 aromatic carbocycles. The fourth-order valence-electron chi connectivity index (χ4n) is 1.90. The van der Waals surface area contributed by atoms with Gasteiger partial charge in [0.15, 0.2) is 0 Å². The first-order chi connectivity index (χ1) is 7.45. The van der Waals surface area contributed by atoms with Crippen molar-refractivity contribution in [1.29, 1.82) is 0 Å². The van der Waals surface area contributed by atoms with Gasteiger partial charge in [-0.1, -0.05) is 48.5 Å². The molecular weight excluding hydrogens is 239 g/mol. The Bertz CT molecular complexity index is 422. The van der Waals surface area contributed by atoms with E-state index >= 15 is 0 Å². The van der Waals surface area contributed by atoms with Gasteiger partial charge < -0.3 is 0 Å². The van der Waals surface area contributed by atoms with Crippen LogP contribution in [0.4, 0.5) is 0 Å². The van der Waals surface area contributed by atoms with Crippen molar-refractivity contribution < 1.29 is 19.4 Å². The Morgan fingerprint density at radius 1 is 0.667 bits per heavy atom. The van der Waals surface area contributed by atoms with Gasteiger partial charge in [0.25, 0.3) is 0 Å². The van der Waals surface area contributed by atoms with Crippen LogP contribution >= 0.6 is 9.30 Å². The van der Waals surface area contributed by atoms with Gasteiger partial charge in [0.1, 0.15) is 0 Å². The zero-order chi connectivity index (χ0) is 10.7. The summed E-state index contributed by atoms with van der Waals surface area (Å²) in [4.78, 5) is 0. The Morgan fingerprint density at radius 2 is 1.07 bits per heavy atom. The van der Waals surface area contributed by atoms with Crippen LogP contribution in [0.15, 0.2) is 48.5 Å². The summed E-state index contributed by atoms with van der Waals surface area (Å²) < 4.78 is 0. The summed E-state index contributed by atoms with van der Waals surface area (Å²) in [5.74, 6) is 0. The van der Waals surface area contributed by atoms with Crippen molar-refractivity contribution >= 4 is 9.30 Å². The monoisotopic (exact) mass is 248 g/mol. The van der Waals surface area contributed by atoms with Gasteiger partial charge in [0, 0.05) is 6.42 Å². The Labute approximate surface area is 106 Å². The molecule has 0 nitrogen and oxygen atoms in total. The van der Waals surface area contributed by atoms with Crippen LogP contribution in [-0.4, -0.2) is 0 Å². The van der Waals surface area contributed by atoms with Crippen LogP contribution in [0.3, 0.4) is 0 Å². The maximum absolute atomic E-state index is 4.64. The van der Waals surface area contributed by atoms with Crippen molar-refractivity contribution in [2.24, 2.45) is 0 Å². The van der Waals surface area contributed by atoms with Crippen LogP contribution in [0, 0.1) is 6.42 Å². The average Bonchev–Trinajstić information content (AvgIpc) is 2.70. The predicted molar refractivity (Wildman–Crippen MR) is 60.2 cm³/mol. The Morgan fingerprint density at radius 3 is 1.53 bits per heavy atom. The molecule has 0 fully saturated rings. The van der Waals surface area contributed by atoms with Crippen LogP contribution in [0.25, 0.3) is 11.1 Å². The van der Waals surface area contributed by atoms with Gasteiger partial charge in [-0.2, -0.15) is 0 Å². The second kappa shape index (κ2) is 4.98. The molecule has 0 aromatic heterocycles. The molecule has 0 amide bonds. The van der Waals surface area contributed by atoms with Gasteiger partial charge in [-0.3, -0.25) is 0 Å². The van der Waals surface area contributed by atoms with E-state index in [9.17, 15) is 0 Å². The molecule has 1 radical (unpaired) electrons. The quantitative estimate of drug-likeness (QED) is 0.528. The SMILES string of the molecule is [CH]1c2ccccc2-c2ccccc21.[Cl][Ti]. The Balaban J connectivity index is 0.000000404. The summed E-state index contributed by atoms with van der Waals surface area (Å²) in [7, 11) is 4.64. The molecule has 72 valence electrons. The second-order valence-electron chi connectivity index (χ2n) is 3.32. The van der Waals surface area contributed by atoms with E-state index in [0.29, 0.717) is 0 Å². The molecule has 2 heteroatoms. The normalized spacial score (nSPS) is 10.9. The number of hydrogen-bond acceptors (Lipinski definition) is 0. The molecule has 0 N–H and O–H groups in total. The summed E-state index contributed by atoms with van der Waals surface area (Å²) in [6, 6.07) is 17.0. The fourth-order valence-corrected chi connectivity index (χ4v) is 1.90. The molecule has 0 bridgehead atoms. The molecule has 1 aliphatic rings. The Kier molecular flexibility index (Phi) is 3.63. The first kappa shape index (κ1) is 10.9. The minimum atomic E-state index is 1.34. The number of halogens is 1. The van der Waals surface area contributed by atoms with E-state index in [0.717, 1.165) is 0 Å². The van der Waals surface area contributed by atoms with E-state index in [2.05, 4.69) is 64.3 Å². The Hall–Kier alpha value is -0.556. The molecule has 3 rings (SSSR count). The van der Waals surface area contributed by atoms with Crippen LogP contribution < -0.4 is 0 Å².